The Morgan fingerprint density at radius 3 is 2.07 bits per heavy atom. The number of anilines is 2. The van der Waals surface area contributed by atoms with Gasteiger partial charge in [-0.25, -0.2) is 13.6 Å². The standard InChI is InChI=1S/C20H26N4O4S/c1-13-8-14(2)20(15(3)9-13)23-19(26)12-24(4)11-18(25)22-16-6-5-7-17(10-16)29(21,27)28/h5-10H,11-12H2,1-4H3,(H,22,25)(H,23,26)(H2,21,27,28). The molecule has 0 aliphatic heterocycles. The number of primary sulfonamides is 1. The van der Waals surface area contributed by atoms with Crippen LogP contribution in [0, 0.1) is 20.8 Å². The Bertz CT molecular complexity index is 1010. The third-order valence-corrected chi connectivity index (χ3v) is 5.13. The molecule has 9 heteroatoms. The molecular weight excluding hydrogens is 392 g/mol. The molecule has 0 fully saturated rings. The number of aryl methyl sites for hydroxylation is 3. The molecule has 0 radical (unpaired) electrons. The van der Waals surface area contributed by atoms with Crippen LogP contribution in [0.4, 0.5) is 11.4 Å². The molecular formula is C20H26N4O4S. The lowest BCUT2D eigenvalue weighted by Crippen LogP contribution is -2.36. The van der Waals surface area contributed by atoms with E-state index in [9.17, 15) is 18.0 Å². The molecule has 0 aliphatic carbocycles. The van der Waals surface area contributed by atoms with Crippen molar-refractivity contribution in [2.45, 2.75) is 25.7 Å². The first-order valence-corrected chi connectivity index (χ1v) is 10.5. The van der Waals surface area contributed by atoms with Crippen molar-refractivity contribution in [2.24, 2.45) is 5.14 Å². The molecule has 0 unspecified atom stereocenters. The van der Waals surface area contributed by atoms with Gasteiger partial charge >= 0.3 is 0 Å². The molecule has 0 atom stereocenters. The summed E-state index contributed by atoms with van der Waals surface area (Å²) >= 11 is 0. The summed E-state index contributed by atoms with van der Waals surface area (Å²) in [5, 5.41) is 10.6. The minimum atomic E-state index is -3.85. The van der Waals surface area contributed by atoms with Crippen LogP contribution in [0.3, 0.4) is 0 Å². The topological polar surface area (TPSA) is 122 Å². The molecule has 2 amide bonds. The number of likely N-dealkylation sites (N-methyl/N-ethyl adjacent to an activating group) is 1. The normalized spacial score (nSPS) is 11.4. The van der Waals surface area contributed by atoms with E-state index in [-0.39, 0.29) is 29.8 Å². The molecule has 2 aromatic rings. The summed E-state index contributed by atoms with van der Waals surface area (Å²) in [6.07, 6.45) is 0. The van der Waals surface area contributed by atoms with Gasteiger partial charge in [-0.05, 0) is 57.1 Å². The molecule has 4 N–H and O–H groups in total. The van der Waals surface area contributed by atoms with Crippen LogP contribution in [0.15, 0.2) is 41.3 Å². The largest absolute Gasteiger partial charge is 0.325 e. The number of nitrogens with zero attached hydrogens (tertiary/aromatic N) is 1. The van der Waals surface area contributed by atoms with Gasteiger partial charge in [-0.15, -0.1) is 0 Å². The monoisotopic (exact) mass is 418 g/mol. The number of nitrogens with one attached hydrogen (secondary N) is 2. The van der Waals surface area contributed by atoms with E-state index in [4.69, 9.17) is 5.14 Å². The van der Waals surface area contributed by atoms with Gasteiger partial charge in [-0.3, -0.25) is 14.5 Å². The van der Waals surface area contributed by atoms with E-state index >= 15 is 0 Å². The van der Waals surface area contributed by atoms with Crippen molar-refractivity contribution < 1.29 is 18.0 Å². The summed E-state index contributed by atoms with van der Waals surface area (Å²) in [6, 6.07) is 9.66. The Balaban J connectivity index is 1.93. The summed E-state index contributed by atoms with van der Waals surface area (Å²) in [4.78, 5) is 26.0. The first-order chi connectivity index (χ1) is 13.5. The van der Waals surface area contributed by atoms with Crippen LogP contribution < -0.4 is 15.8 Å². The van der Waals surface area contributed by atoms with Gasteiger partial charge in [0.1, 0.15) is 0 Å². The molecule has 0 bridgehead atoms. The average molecular weight is 419 g/mol. The Labute approximate surface area is 171 Å². The highest BCUT2D eigenvalue weighted by Crippen LogP contribution is 2.21. The van der Waals surface area contributed by atoms with E-state index in [1.807, 2.05) is 32.9 Å². The quantitative estimate of drug-likeness (QED) is 0.633. The summed E-state index contributed by atoms with van der Waals surface area (Å²) in [6.45, 7) is 5.85. The number of hydrogen-bond acceptors (Lipinski definition) is 5. The number of rotatable bonds is 7. The number of sulfonamides is 1. The lowest BCUT2D eigenvalue weighted by molar-refractivity contribution is -0.119. The fraction of sp³-hybridized carbons (Fsp3) is 0.300. The molecule has 0 saturated carbocycles. The third kappa shape index (κ3) is 6.67. The second-order valence-electron chi connectivity index (χ2n) is 7.12. The summed E-state index contributed by atoms with van der Waals surface area (Å²) < 4.78 is 22.8. The summed E-state index contributed by atoms with van der Waals surface area (Å²) in [5.74, 6) is -0.610. The van der Waals surface area contributed by atoms with Crippen molar-refractivity contribution in [2.75, 3.05) is 30.8 Å². The zero-order valence-corrected chi connectivity index (χ0v) is 17.8. The van der Waals surface area contributed by atoms with Crippen LogP contribution in [-0.4, -0.2) is 45.3 Å². The SMILES string of the molecule is Cc1cc(C)c(NC(=O)CN(C)CC(=O)Nc2cccc(S(N)(=O)=O)c2)c(C)c1. The Morgan fingerprint density at radius 2 is 1.52 bits per heavy atom. The number of benzene rings is 2. The highest BCUT2D eigenvalue weighted by molar-refractivity contribution is 7.89. The molecule has 0 saturated heterocycles. The first-order valence-electron chi connectivity index (χ1n) is 8.94. The second-order valence-corrected chi connectivity index (χ2v) is 8.68. The van der Waals surface area contributed by atoms with Gasteiger partial charge in [0.25, 0.3) is 0 Å². The van der Waals surface area contributed by atoms with Crippen molar-refractivity contribution >= 4 is 33.2 Å². The summed E-state index contributed by atoms with van der Waals surface area (Å²) in [5.41, 5.74) is 4.17. The van der Waals surface area contributed by atoms with Gasteiger partial charge in [0.05, 0.1) is 18.0 Å². The lowest BCUT2D eigenvalue weighted by Gasteiger charge is -2.18. The van der Waals surface area contributed by atoms with Gasteiger partial charge in [-0.1, -0.05) is 23.8 Å². The zero-order valence-electron chi connectivity index (χ0n) is 16.9. The fourth-order valence-electron chi connectivity index (χ4n) is 3.05. The van der Waals surface area contributed by atoms with E-state index in [1.165, 1.54) is 18.2 Å². The molecule has 0 spiro atoms. The number of hydrogen-bond donors (Lipinski definition) is 3. The van der Waals surface area contributed by atoms with Crippen molar-refractivity contribution in [3.8, 4) is 0 Å². The molecule has 29 heavy (non-hydrogen) atoms. The van der Waals surface area contributed by atoms with Crippen molar-refractivity contribution in [3.05, 3.63) is 53.1 Å². The van der Waals surface area contributed by atoms with Gasteiger partial charge in [-0.2, -0.15) is 0 Å². The second kappa shape index (κ2) is 9.17. The van der Waals surface area contributed by atoms with E-state index in [0.29, 0.717) is 5.69 Å². The zero-order chi connectivity index (χ0) is 21.8. The molecule has 2 rings (SSSR count). The predicted octanol–water partition coefficient (Wildman–Crippen LogP) is 1.77. The Kier molecular flexibility index (Phi) is 7.12. The van der Waals surface area contributed by atoms with E-state index < -0.39 is 10.0 Å². The number of nitrogens with two attached hydrogens (primary N) is 1. The highest BCUT2D eigenvalue weighted by Gasteiger charge is 2.14. The molecule has 8 nitrogen and oxygen atoms in total. The summed E-state index contributed by atoms with van der Waals surface area (Å²) in [7, 11) is -2.21. The third-order valence-electron chi connectivity index (χ3n) is 4.21. The van der Waals surface area contributed by atoms with Crippen LogP contribution >= 0.6 is 0 Å². The number of carbonyl (C=O) groups is 2. The van der Waals surface area contributed by atoms with Crippen molar-refractivity contribution in [3.63, 3.8) is 0 Å². The first kappa shape index (κ1) is 22.5. The maximum Gasteiger partial charge on any atom is 0.238 e. The van der Waals surface area contributed by atoms with Gasteiger partial charge in [0.15, 0.2) is 0 Å². The van der Waals surface area contributed by atoms with E-state index in [1.54, 1.807) is 18.0 Å². The maximum atomic E-state index is 12.3. The molecule has 0 heterocycles. The van der Waals surface area contributed by atoms with E-state index in [2.05, 4.69) is 10.6 Å². The minimum absolute atomic E-state index is 0.0252. The van der Waals surface area contributed by atoms with Crippen LogP contribution in [0.5, 0.6) is 0 Å². The molecule has 0 aliphatic rings. The molecule has 2 aromatic carbocycles. The molecule has 156 valence electrons. The van der Waals surface area contributed by atoms with Crippen molar-refractivity contribution in [1.82, 2.24) is 4.90 Å². The molecule has 0 aromatic heterocycles. The predicted molar refractivity (Wildman–Crippen MR) is 113 cm³/mol. The number of amides is 2. The van der Waals surface area contributed by atoms with Crippen LogP contribution in [-0.2, 0) is 19.6 Å². The van der Waals surface area contributed by atoms with Crippen LogP contribution in [0.2, 0.25) is 0 Å². The smallest absolute Gasteiger partial charge is 0.238 e. The van der Waals surface area contributed by atoms with Crippen LogP contribution in [0.25, 0.3) is 0 Å². The fourth-order valence-corrected chi connectivity index (χ4v) is 3.61. The maximum absolute atomic E-state index is 12.3. The van der Waals surface area contributed by atoms with Crippen LogP contribution in [0.1, 0.15) is 16.7 Å². The highest BCUT2D eigenvalue weighted by atomic mass is 32.2. The van der Waals surface area contributed by atoms with Gasteiger partial charge < -0.3 is 10.6 Å². The van der Waals surface area contributed by atoms with Gasteiger partial charge in [0, 0.05) is 11.4 Å². The lowest BCUT2D eigenvalue weighted by atomic mass is 10.1. The average Bonchev–Trinajstić information content (AvgIpc) is 2.57. The Hall–Kier alpha value is -2.75. The number of carbonyl (C=O) groups excluding carboxylic acids is 2. The minimum Gasteiger partial charge on any atom is -0.325 e. The van der Waals surface area contributed by atoms with E-state index in [0.717, 1.165) is 22.4 Å². The van der Waals surface area contributed by atoms with Gasteiger partial charge in [0.2, 0.25) is 21.8 Å². The van der Waals surface area contributed by atoms with Crippen molar-refractivity contribution in [1.29, 1.82) is 0 Å². The Morgan fingerprint density at radius 1 is 0.966 bits per heavy atom.